The minimum absolute atomic E-state index is 0.135. The number of aliphatic hydroxyl groups is 1. The van der Waals surface area contributed by atoms with E-state index >= 15 is 0 Å². The van der Waals surface area contributed by atoms with Crippen LogP contribution in [-0.4, -0.2) is 54.4 Å². The molecule has 0 unspecified atom stereocenters. The molecular formula is C16H21F3N2O2. The second-order valence-corrected chi connectivity index (χ2v) is 5.90. The van der Waals surface area contributed by atoms with Crippen LogP contribution in [0, 0.1) is 0 Å². The third-order valence-corrected chi connectivity index (χ3v) is 3.98. The molecule has 1 aromatic rings. The summed E-state index contributed by atoms with van der Waals surface area (Å²) in [7, 11) is 1.58. The summed E-state index contributed by atoms with van der Waals surface area (Å²) in [6, 6.07) is 8.69. The Morgan fingerprint density at radius 2 is 2.00 bits per heavy atom. The van der Waals surface area contributed by atoms with Gasteiger partial charge in [0.25, 0.3) is 0 Å². The number of para-hydroxylation sites is 1. The number of carbonyl (C=O) groups is 1. The van der Waals surface area contributed by atoms with Gasteiger partial charge >= 0.3 is 6.18 Å². The fourth-order valence-corrected chi connectivity index (χ4v) is 2.92. The van der Waals surface area contributed by atoms with Gasteiger partial charge < -0.3 is 10.0 Å². The molecule has 1 heterocycles. The van der Waals surface area contributed by atoms with Crippen LogP contribution in [0.2, 0.25) is 0 Å². The highest BCUT2D eigenvalue weighted by Crippen LogP contribution is 2.25. The van der Waals surface area contributed by atoms with Crippen LogP contribution in [-0.2, 0) is 4.79 Å². The van der Waals surface area contributed by atoms with E-state index in [1.165, 1.54) is 4.90 Å². The van der Waals surface area contributed by atoms with Crippen LogP contribution in [0.1, 0.15) is 19.3 Å². The summed E-state index contributed by atoms with van der Waals surface area (Å²) in [5.41, 5.74) is 0.784. The van der Waals surface area contributed by atoms with Gasteiger partial charge in [-0.25, -0.2) is 0 Å². The average Bonchev–Trinajstić information content (AvgIpc) is 2.46. The van der Waals surface area contributed by atoms with Gasteiger partial charge in [0.1, 0.15) is 0 Å². The molecule has 128 valence electrons. The van der Waals surface area contributed by atoms with Crippen LogP contribution in [0.4, 0.5) is 18.9 Å². The van der Waals surface area contributed by atoms with Crippen LogP contribution in [0.15, 0.2) is 30.3 Å². The lowest BCUT2D eigenvalue weighted by Crippen LogP contribution is -2.53. The van der Waals surface area contributed by atoms with E-state index in [9.17, 15) is 23.1 Å². The fraction of sp³-hybridized carbons (Fsp3) is 0.562. The molecule has 0 aliphatic carbocycles. The van der Waals surface area contributed by atoms with Crippen molar-refractivity contribution in [2.45, 2.75) is 37.6 Å². The molecule has 1 saturated heterocycles. The SMILES string of the molecule is CN(C[C@H](O)CC(F)(F)F)[C@H]1CCCN(c2ccccc2)C1=O. The molecule has 4 nitrogen and oxygen atoms in total. The molecule has 0 saturated carbocycles. The Morgan fingerprint density at radius 1 is 1.35 bits per heavy atom. The maximum atomic E-state index is 12.6. The Bertz CT molecular complexity index is 522. The predicted octanol–water partition coefficient (Wildman–Crippen LogP) is 2.43. The van der Waals surface area contributed by atoms with Crippen LogP contribution >= 0.6 is 0 Å². The van der Waals surface area contributed by atoms with Crippen molar-refractivity contribution < 1.29 is 23.1 Å². The summed E-state index contributed by atoms with van der Waals surface area (Å²) >= 11 is 0. The summed E-state index contributed by atoms with van der Waals surface area (Å²) in [6.07, 6.45) is -5.85. The number of rotatable bonds is 5. The number of nitrogens with zero attached hydrogens (tertiary/aromatic N) is 2. The van der Waals surface area contributed by atoms with Crippen molar-refractivity contribution >= 4 is 11.6 Å². The molecule has 1 aliphatic heterocycles. The van der Waals surface area contributed by atoms with Gasteiger partial charge in [-0.05, 0) is 32.0 Å². The van der Waals surface area contributed by atoms with Crippen LogP contribution in [0.25, 0.3) is 0 Å². The predicted molar refractivity (Wildman–Crippen MR) is 81.1 cm³/mol. The average molecular weight is 330 g/mol. The van der Waals surface area contributed by atoms with Crippen molar-refractivity contribution in [1.29, 1.82) is 0 Å². The smallest absolute Gasteiger partial charge is 0.391 e. The number of carbonyl (C=O) groups excluding carboxylic acids is 1. The molecule has 1 N–H and O–H groups in total. The van der Waals surface area contributed by atoms with Crippen molar-refractivity contribution in [2.75, 3.05) is 25.0 Å². The zero-order valence-electron chi connectivity index (χ0n) is 13.0. The van der Waals surface area contributed by atoms with Gasteiger partial charge in [0.2, 0.25) is 5.91 Å². The lowest BCUT2D eigenvalue weighted by Gasteiger charge is -2.37. The summed E-state index contributed by atoms with van der Waals surface area (Å²) < 4.78 is 36.9. The van der Waals surface area contributed by atoms with Gasteiger partial charge in [-0.2, -0.15) is 13.2 Å². The van der Waals surface area contributed by atoms with Gasteiger partial charge in [-0.1, -0.05) is 18.2 Å². The Morgan fingerprint density at radius 3 is 2.61 bits per heavy atom. The van der Waals surface area contributed by atoms with Crippen molar-refractivity contribution in [2.24, 2.45) is 0 Å². The lowest BCUT2D eigenvalue weighted by molar-refractivity contribution is -0.155. The number of alkyl halides is 3. The first-order valence-corrected chi connectivity index (χ1v) is 7.59. The van der Waals surface area contributed by atoms with E-state index in [0.29, 0.717) is 13.0 Å². The zero-order valence-corrected chi connectivity index (χ0v) is 13.0. The molecule has 23 heavy (non-hydrogen) atoms. The fourth-order valence-electron chi connectivity index (χ4n) is 2.92. The molecule has 0 radical (unpaired) electrons. The molecule has 0 aromatic heterocycles. The lowest BCUT2D eigenvalue weighted by atomic mass is 10.0. The Kier molecular flexibility index (Phi) is 5.64. The number of amides is 1. The van der Waals surface area contributed by atoms with Gasteiger partial charge in [0, 0.05) is 18.8 Å². The largest absolute Gasteiger partial charge is 0.391 e. The maximum absolute atomic E-state index is 12.6. The molecule has 7 heteroatoms. The third kappa shape index (κ3) is 4.94. The van der Waals surface area contributed by atoms with E-state index in [0.717, 1.165) is 12.1 Å². The first-order valence-electron chi connectivity index (χ1n) is 7.59. The minimum atomic E-state index is -4.41. The van der Waals surface area contributed by atoms with Crippen molar-refractivity contribution in [3.05, 3.63) is 30.3 Å². The zero-order chi connectivity index (χ0) is 17.0. The summed E-state index contributed by atoms with van der Waals surface area (Å²) in [5.74, 6) is -0.135. The van der Waals surface area contributed by atoms with E-state index < -0.39 is 24.7 Å². The molecule has 2 rings (SSSR count). The first kappa shape index (κ1) is 17.7. The number of piperidine rings is 1. The van der Waals surface area contributed by atoms with Gasteiger partial charge in [-0.15, -0.1) is 0 Å². The standard InChI is InChI=1S/C16H21F3N2O2/c1-20(11-13(22)10-16(17,18)19)14-8-5-9-21(15(14)23)12-6-3-2-4-7-12/h2-4,6-7,13-14,22H,5,8-11H2,1H3/t13-,14+/m1/s1. The number of halogens is 3. The Hall–Kier alpha value is -1.60. The normalized spacial score (nSPS) is 20.9. The highest BCUT2D eigenvalue weighted by molar-refractivity contribution is 5.97. The van der Waals surface area contributed by atoms with Crippen LogP contribution in [0.5, 0.6) is 0 Å². The van der Waals surface area contributed by atoms with Gasteiger partial charge in [0.05, 0.1) is 18.6 Å². The number of likely N-dealkylation sites (N-methyl/N-ethyl adjacent to an activating group) is 1. The number of hydrogen-bond acceptors (Lipinski definition) is 3. The van der Waals surface area contributed by atoms with Crippen molar-refractivity contribution in [3.8, 4) is 0 Å². The van der Waals surface area contributed by atoms with Crippen molar-refractivity contribution in [3.63, 3.8) is 0 Å². The van der Waals surface area contributed by atoms with Gasteiger partial charge in [-0.3, -0.25) is 9.69 Å². The Balaban J connectivity index is 2.00. The number of aliphatic hydroxyl groups excluding tert-OH is 1. The molecule has 1 aromatic carbocycles. The van der Waals surface area contributed by atoms with E-state index in [2.05, 4.69) is 0 Å². The summed E-state index contributed by atoms with van der Waals surface area (Å²) in [5, 5.41) is 9.57. The monoisotopic (exact) mass is 330 g/mol. The second kappa shape index (κ2) is 7.31. The summed E-state index contributed by atoms with van der Waals surface area (Å²) in [4.78, 5) is 15.8. The Labute approximate surface area is 133 Å². The highest BCUT2D eigenvalue weighted by atomic mass is 19.4. The van der Waals surface area contributed by atoms with Gasteiger partial charge in [0.15, 0.2) is 0 Å². The van der Waals surface area contributed by atoms with E-state index in [1.807, 2.05) is 30.3 Å². The van der Waals surface area contributed by atoms with Crippen LogP contribution in [0.3, 0.4) is 0 Å². The summed E-state index contributed by atoms with van der Waals surface area (Å²) in [6.45, 7) is 0.414. The molecular weight excluding hydrogens is 309 g/mol. The number of anilines is 1. The molecule has 0 bridgehead atoms. The van der Waals surface area contributed by atoms with Crippen molar-refractivity contribution in [1.82, 2.24) is 4.90 Å². The first-order chi connectivity index (χ1) is 10.8. The van der Waals surface area contributed by atoms with E-state index in [1.54, 1.807) is 11.9 Å². The van der Waals surface area contributed by atoms with Crippen LogP contribution < -0.4 is 4.90 Å². The quantitative estimate of drug-likeness (QED) is 0.902. The third-order valence-electron chi connectivity index (χ3n) is 3.98. The highest BCUT2D eigenvalue weighted by Gasteiger charge is 2.35. The minimum Gasteiger partial charge on any atom is -0.391 e. The molecule has 1 amide bonds. The number of benzene rings is 1. The van der Waals surface area contributed by atoms with E-state index in [-0.39, 0.29) is 12.5 Å². The molecule has 1 aliphatic rings. The molecule has 1 fully saturated rings. The second-order valence-electron chi connectivity index (χ2n) is 5.90. The topological polar surface area (TPSA) is 43.8 Å². The molecule has 2 atom stereocenters. The molecule has 0 spiro atoms. The number of hydrogen-bond donors (Lipinski definition) is 1. The maximum Gasteiger partial charge on any atom is 0.391 e. The van der Waals surface area contributed by atoms with E-state index in [4.69, 9.17) is 0 Å².